The molecule has 6 heteroatoms. The number of rotatable bonds is 9. The number of fused-ring (bicyclic) bond motifs is 13. The van der Waals surface area contributed by atoms with Gasteiger partial charge in [-0.3, -0.25) is 0 Å². The zero-order valence-corrected chi connectivity index (χ0v) is 83.9. The van der Waals surface area contributed by atoms with Crippen LogP contribution in [0.5, 0.6) is 0 Å². The van der Waals surface area contributed by atoms with E-state index in [0.717, 1.165) is 21.9 Å². The molecule has 0 N–H and O–H groups in total. The van der Waals surface area contributed by atoms with Crippen molar-refractivity contribution in [1.82, 2.24) is 13.7 Å². The molecule has 20 rings (SSSR count). The second kappa shape index (κ2) is 31.5. The van der Waals surface area contributed by atoms with Gasteiger partial charge in [-0.05, 0) is 257 Å². The van der Waals surface area contributed by atoms with Gasteiger partial charge in [0, 0.05) is 88.7 Å². The fraction of sp³-hybridized carbons (Fsp3) is 0.308. The molecule has 136 heavy (non-hydrogen) atoms. The van der Waals surface area contributed by atoms with Crippen LogP contribution in [0.2, 0.25) is 0 Å². The molecule has 0 unspecified atom stereocenters. The smallest absolute Gasteiger partial charge is 0.252 e. The number of hydrogen-bond donors (Lipinski definition) is 0. The summed E-state index contributed by atoms with van der Waals surface area (Å²) >= 11 is 0. The van der Waals surface area contributed by atoms with E-state index in [1.54, 1.807) is 189 Å². The van der Waals surface area contributed by atoms with E-state index in [4.69, 9.17) is 0 Å². The summed E-state index contributed by atoms with van der Waals surface area (Å²) < 4.78 is 366. The molecule has 0 saturated heterocycles. The average Bonchev–Trinajstić information content (AvgIpc) is 0.709. The summed E-state index contributed by atoms with van der Waals surface area (Å²) in [4.78, 5) is 3.21. The molecule has 0 spiro atoms. The highest BCUT2D eigenvalue weighted by atomic mass is 15.2. The molecule has 2 aliphatic rings. The lowest BCUT2D eigenvalue weighted by Crippen LogP contribution is -2.61. The molecule has 0 atom stereocenters. The Hall–Kier alpha value is -12.6. The summed E-state index contributed by atoms with van der Waals surface area (Å²) in [6, 6.07) is 1.97. The van der Waals surface area contributed by atoms with Crippen LogP contribution in [-0.2, 0) is 54.1 Å². The van der Waals surface area contributed by atoms with Gasteiger partial charge >= 0.3 is 0 Å². The molecule has 0 bridgehead atoms. The minimum absolute atomic E-state index is 0.00945. The minimum atomic E-state index is -1.58. The van der Waals surface area contributed by atoms with Crippen molar-refractivity contribution >= 4 is 123 Å². The molecular formula is C130H138BN5. The maximum atomic E-state index is 12.2. The zero-order valence-electron chi connectivity index (χ0n) is 118. The van der Waals surface area contributed by atoms with Gasteiger partial charge in [-0.2, -0.15) is 0 Å². The predicted molar refractivity (Wildman–Crippen MR) is 592 cm³/mol. The van der Waals surface area contributed by atoms with Gasteiger partial charge in [0.15, 0.2) is 0 Å². The summed E-state index contributed by atoms with van der Waals surface area (Å²) in [6.45, 7) is 53.1. The van der Waals surface area contributed by atoms with Crippen LogP contribution < -0.4 is 26.2 Å². The maximum Gasteiger partial charge on any atom is 0.252 e. The van der Waals surface area contributed by atoms with Gasteiger partial charge in [0.2, 0.25) is 0 Å². The molecule has 3 aromatic heterocycles. The highest BCUT2D eigenvalue weighted by Gasteiger charge is 2.48. The van der Waals surface area contributed by atoms with Crippen LogP contribution in [0.15, 0.2) is 290 Å². The predicted octanol–water partition coefficient (Wildman–Crippen LogP) is 34.7. The van der Waals surface area contributed by atoms with Crippen molar-refractivity contribution in [1.29, 1.82) is 0 Å². The molecule has 5 heterocycles. The van der Waals surface area contributed by atoms with Crippen molar-refractivity contribution in [3.05, 3.63) is 346 Å². The van der Waals surface area contributed by atoms with Crippen LogP contribution in [0.3, 0.4) is 0 Å². The Bertz CT molecular complexity index is 9750. The van der Waals surface area contributed by atoms with Gasteiger partial charge in [0.1, 0.15) is 0 Å². The molecule has 0 aliphatic carbocycles. The third-order valence-electron chi connectivity index (χ3n) is 26.8. The number of hydrogen-bond acceptors (Lipinski definition) is 2. The molecule has 686 valence electrons. The number of benzene rings is 15. The zero-order chi connectivity index (χ0) is 126. The van der Waals surface area contributed by atoms with Crippen LogP contribution in [0.25, 0.3) is 127 Å². The van der Waals surface area contributed by atoms with Gasteiger partial charge in [-0.25, -0.2) is 0 Å². The number of nitrogens with zero attached hydrogens (tertiary/aromatic N) is 5. The Kier molecular flexibility index (Phi) is 13.7. The second-order valence-corrected chi connectivity index (χ2v) is 47.3. The molecule has 0 saturated carbocycles. The van der Waals surface area contributed by atoms with Crippen LogP contribution in [-0.4, -0.2) is 20.4 Å². The van der Waals surface area contributed by atoms with Gasteiger partial charge in [0.25, 0.3) is 6.71 Å². The van der Waals surface area contributed by atoms with Crippen LogP contribution in [0.4, 0.5) is 34.1 Å². The highest BCUT2D eigenvalue weighted by Crippen LogP contribution is 2.60. The summed E-state index contributed by atoms with van der Waals surface area (Å²) in [5, 5.41) is -0.112. The summed E-state index contributed by atoms with van der Waals surface area (Å²) in [5.74, 6) is 0. The largest absolute Gasteiger partial charge is 0.310 e. The van der Waals surface area contributed by atoms with Crippen LogP contribution in [0.1, 0.15) is 310 Å². The molecule has 2 aliphatic heterocycles. The van der Waals surface area contributed by atoms with Crippen molar-refractivity contribution in [2.45, 2.75) is 262 Å². The van der Waals surface area contributed by atoms with Gasteiger partial charge in [-0.15, -0.1) is 0 Å². The third-order valence-corrected chi connectivity index (χ3v) is 26.8. The van der Waals surface area contributed by atoms with E-state index in [9.17, 15) is 46.6 Å². The highest BCUT2D eigenvalue weighted by molar-refractivity contribution is 7.00. The van der Waals surface area contributed by atoms with Crippen LogP contribution in [0, 0.1) is 0 Å². The summed E-state index contributed by atoms with van der Waals surface area (Å²) in [6.07, 6.45) is 0. The first kappa shape index (κ1) is 59.4. The van der Waals surface area contributed by atoms with Crippen molar-refractivity contribution in [3.8, 4) is 61.6 Å². The lowest BCUT2D eigenvalue weighted by Gasteiger charge is -2.47. The Morgan fingerprint density at radius 3 is 0.801 bits per heavy atom. The maximum absolute atomic E-state index is 12.2. The first-order chi connectivity index (χ1) is 78.0. The molecule has 0 amide bonds. The lowest BCUT2D eigenvalue weighted by molar-refractivity contribution is 0.570. The molecule has 0 fully saturated rings. The van der Waals surface area contributed by atoms with Crippen molar-refractivity contribution in [2.75, 3.05) is 9.80 Å². The normalized spacial score (nSPS) is 17.3. The third kappa shape index (κ3) is 15.3. The number of anilines is 6. The van der Waals surface area contributed by atoms with E-state index < -0.39 is 327 Å². The Labute approximate surface area is 858 Å². The molecule has 18 aromatic rings. The van der Waals surface area contributed by atoms with Crippen molar-refractivity contribution in [2.24, 2.45) is 0 Å². The molecule has 15 aromatic carbocycles. The van der Waals surface area contributed by atoms with Gasteiger partial charge in [0.05, 0.1) is 96.8 Å². The van der Waals surface area contributed by atoms with E-state index in [1.807, 2.05) is 42.5 Å². The fourth-order valence-electron chi connectivity index (χ4n) is 19.6. The number of para-hydroxylation sites is 4. The van der Waals surface area contributed by atoms with E-state index in [2.05, 4.69) is 58.2 Å². The molecule has 5 nitrogen and oxygen atoms in total. The van der Waals surface area contributed by atoms with E-state index >= 15 is 0 Å². The first-order valence-electron chi connectivity index (χ1n) is 64.1. The van der Waals surface area contributed by atoms with E-state index in [1.165, 1.54) is 26.2 Å². The van der Waals surface area contributed by atoms with E-state index in [0.29, 0.717) is 16.7 Å². The van der Waals surface area contributed by atoms with Crippen molar-refractivity contribution in [3.63, 3.8) is 0 Å². The Morgan fingerprint density at radius 1 is 0.221 bits per heavy atom. The topological polar surface area (TPSA) is 21.3 Å². The van der Waals surface area contributed by atoms with E-state index in [-0.39, 0.29) is 134 Å². The standard InChI is InChI=1S/C130H138BN5/c1-121(2,3)81-57-53-79(54-58-81)94-71-85(125(13,14)15)73-98(116-100(127(19,20)21)45-39-46-101(116)128(22,23)24)119(94)135-112-75-87(132-106-49-35-31-41-90(106)91-42-32-36-50-107(91)132)63-65-104(112)131-105-66-64-88(133-110-67-61-83(123(7,8)9)69-96(110)97-70-84(124(10,11)12)62-68-111(97)133)76-113(105)136(115-78-89(77-114(135)118(115)131)134-108-51-37-33-43-92(108)93-44-34-38-52-109(93)134)120-95(80-55-59-82(60-56-80)122(4,5)6)72-86(126(16,17)18)74-99(120)117-102(129(25,26)27)47-40-48-103(117)130(28,29)30/h31-78H,1-30H3/i31D,32D,33D,34D,35D,36D,37D,38D,39D,40D,41D,42D,43D,44D,45D,46D,47D,48D,49D,50D,51D,52D,53D,54D,55D,56D,57D,58D,59D,60D,71D,72D,73D,74D. The SMILES string of the molecule is [2H]c1c([2H])c(C(C)(C)C)c(-c2c([2H])c(C(C)(C)C)c([2H])c(-c3c([2H])c([2H])c(C(C)(C)C)c([2H])c3[2H])c2N2c3cc(-n4c5ccc(C(C)(C)C)cc5c5cc(C(C)(C)C)ccc54)ccc3B3c4ccc(-n5c6c([2H])c([2H])c([2H])c([2H])c6c6c([2H])c([2H])c([2H])c([2H])c65)cc4N(c4c(-c5c([2H])c([2H])c(C(C)(C)C)c([2H])c5[2H])c([2H])c(C(C)(C)C)c([2H])c4-c4c(C(C)(C)C)c([2H])c([2H])c([2H])c4C(C)(C)C)c4cc(-n5c6c([2H])c([2H])c([2H])c([2H])c6c6c([2H])c([2H])c([2H])c([2H])c65)cc2c43)c(C(C)(C)C)c1[2H]. The minimum Gasteiger partial charge on any atom is -0.310 e. The molecule has 0 radical (unpaired) electrons. The summed E-state index contributed by atoms with van der Waals surface area (Å²) in [5.41, 5.74) is -15.4. The van der Waals surface area contributed by atoms with Crippen LogP contribution >= 0.6 is 0 Å². The Balaban J connectivity index is 1.20. The first-order valence-corrected chi connectivity index (χ1v) is 47.1. The monoisotopic (exact) mass is 1810 g/mol. The van der Waals surface area contributed by atoms with Gasteiger partial charge < -0.3 is 23.5 Å². The van der Waals surface area contributed by atoms with Gasteiger partial charge in [-0.1, -0.05) is 389 Å². The fourth-order valence-corrected chi connectivity index (χ4v) is 19.6. The van der Waals surface area contributed by atoms with Crippen molar-refractivity contribution < 1.29 is 46.6 Å². The second-order valence-electron chi connectivity index (χ2n) is 47.3. The number of aromatic nitrogens is 3. The summed E-state index contributed by atoms with van der Waals surface area (Å²) in [7, 11) is 0. The average molecular weight is 1820 g/mol. The molecular weight excluding hydrogens is 1640 g/mol. The quantitative estimate of drug-likeness (QED) is 0.134. The lowest BCUT2D eigenvalue weighted by atomic mass is 9.33. The Morgan fingerprint density at radius 2 is 0.500 bits per heavy atom.